The van der Waals surface area contributed by atoms with Gasteiger partial charge in [0.15, 0.2) is 0 Å². The quantitative estimate of drug-likeness (QED) is 0.860. The molecule has 1 aliphatic rings. The zero-order chi connectivity index (χ0) is 16.2. The summed E-state index contributed by atoms with van der Waals surface area (Å²) in [5.41, 5.74) is 1.12. The zero-order valence-electron chi connectivity index (χ0n) is 13.2. The summed E-state index contributed by atoms with van der Waals surface area (Å²) < 4.78 is 11.1. The van der Waals surface area contributed by atoms with E-state index in [0.717, 1.165) is 29.8 Å². The molecule has 6 nitrogen and oxygen atoms in total. The largest absolute Gasteiger partial charge is 0.477 e. The molecule has 122 valence electrons. The average molecular weight is 333 g/mol. The van der Waals surface area contributed by atoms with Crippen LogP contribution in [-0.2, 0) is 0 Å². The SMILES string of the molecule is COc1nccnc1O[C@@H]1CCCN(C(=O)c2cc(C)cs2)C1. The molecule has 7 heteroatoms. The number of piperidine rings is 1. The number of rotatable bonds is 4. The minimum atomic E-state index is -0.0978. The van der Waals surface area contributed by atoms with Gasteiger partial charge in [-0.3, -0.25) is 4.79 Å². The Kier molecular flexibility index (Phi) is 4.76. The third-order valence-corrected chi connectivity index (χ3v) is 4.75. The Hall–Kier alpha value is -2.15. The molecule has 0 spiro atoms. The Labute approximate surface area is 139 Å². The molecular formula is C16H19N3O3S. The predicted octanol–water partition coefficient (Wildman–Crippen LogP) is 2.54. The molecule has 0 bridgehead atoms. The molecule has 0 aliphatic carbocycles. The van der Waals surface area contributed by atoms with Crippen LogP contribution in [0.3, 0.4) is 0 Å². The lowest BCUT2D eigenvalue weighted by atomic mass is 10.1. The molecule has 2 aromatic rings. The van der Waals surface area contributed by atoms with Crippen molar-refractivity contribution in [1.82, 2.24) is 14.9 Å². The van der Waals surface area contributed by atoms with E-state index in [9.17, 15) is 4.79 Å². The highest BCUT2D eigenvalue weighted by Crippen LogP contribution is 2.25. The number of ether oxygens (including phenoxy) is 2. The number of thiophene rings is 1. The molecule has 1 aliphatic heterocycles. The van der Waals surface area contributed by atoms with E-state index in [4.69, 9.17) is 9.47 Å². The van der Waals surface area contributed by atoms with Crippen molar-refractivity contribution in [1.29, 1.82) is 0 Å². The standard InChI is InChI=1S/C16H19N3O3S/c1-11-8-13(23-10-11)16(20)19-7-3-4-12(9-19)22-15-14(21-2)17-5-6-18-15/h5-6,8,10,12H,3-4,7,9H2,1-2H3/t12-/m1/s1. The van der Waals surface area contributed by atoms with Gasteiger partial charge in [0.2, 0.25) is 0 Å². The topological polar surface area (TPSA) is 64.6 Å². The van der Waals surface area contributed by atoms with E-state index in [1.165, 1.54) is 18.4 Å². The molecule has 1 atom stereocenters. The molecule has 0 N–H and O–H groups in total. The number of likely N-dealkylation sites (tertiary alicyclic amines) is 1. The van der Waals surface area contributed by atoms with E-state index >= 15 is 0 Å². The minimum Gasteiger partial charge on any atom is -0.477 e. The van der Waals surface area contributed by atoms with Crippen LogP contribution in [0.25, 0.3) is 0 Å². The van der Waals surface area contributed by atoms with Crippen LogP contribution in [0.4, 0.5) is 0 Å². The molecule has 1 saturated heterocycles. The van der Waals surface area contributed by atoms with Crippen LogP contribution < -0.4 is 9.47 Å². The summed E-state index contributed by atoms with van der Waals surface area (Å²) in [6, 6.07) is 1.93. The van der Waals surface area contributed by atoms with Crippen LogP contribution in [0.1, 0.15) is 28.1 Å². The Bertz CT molecular complexity index is 689. The van der Waals surface area contributed by atoms with Gasteiger partial charge in [-0.05, 0) is 36.8 Å². The number of hydrogen-bond donors (Lipinski definition) is 0. The Morgan fingerprint density at radius 2 is 2.13 bits per heavy atom. The maximum Gasteiger partial charge on any atom is 0.278 e. The van der Waals surface area contributed by atoms with Crippen LogP contribution in [0.2, 0.25) is 0 Å². The van der Waals surface area contributed by atoms with Crippen molar-refractivity contribution < 1.29 is 14.3 Å². The Morgan fingerprint density at radius 3 is 2.83 bits per heavy atom. The fourth-order valence-corrected chi connectivity index (χ4v) is 3.47. The third-order valence-electron chi connectivity index (χ3n) is 3.71. The van der Waals surface area contributed by atoms with Gasteiger partial charge in [0.25, 0.3) is 17.7 Å². The van der Waals surface area contributed by atoms with Crippen LogP contribution in [0, 0.1) is 6.92 Å². The molecule has 2 aromatic heterocycles. The van der Waals surface area contributed by atoms with Crippen molar-refractivity contribution in [2.75, 3.05) is 20.2 Å². The van der Waals surface area contributed by atoms with Crippen LogP contribution in [0.5, 0.6) is 11.8 Å². The summed E-state index contributed by atoms with van der Waals surface area (Å²) in [6.07, 6.45) is 4.81. The van der Waals surface area contributed by atoms with Gasteiger partial charge in [-0.1, -0.05) is 0 Å². The van der Waals surface area contributed by atoms with Gasteiger partial charge in [0, 0.05) is 18.9 Å². The number of aromatic nitrogens is 2. The lowest BCUT2D eigenvalue weighted by molar-refractivity contribution is 0.0523. The van der Waals surface area contributed by atoms with Crippen LogP contribution in [-0.4, -0.2) is 47.1 Å². The maximum atomic E-state index is 12.6. The molecular weight excluding hydrogens is 314 g/mol. The summed E-state index contributed by atoms with van der Waals surface area (Å²) in [7, 11) is 1.53. The number of aryl methyl sites for hydroxylation is 1. The molecule has 23 heavy (non-hydrogen) atoms. The van der Waals surface area contributed by atoms with E-state index in [0.29, 0.717) is 18.3 Å². The van der Waals surface area contributed by atoms with Crippen molar-refractivity contribution in [2.24, 2.45) is 0 Å². The van der Waals surface area contributed by atoms with E-state index in [-0.39, 0.29) is 12.0 Å². The highest BCUT2D eigenvalue weighted by atomic mass is 32.1. The second-order valence-corrected chi connectivity index (χ2v) is 6.40. The summed E-state index contributed by atoms with van der Waals surface area (Å²) in [5.74, 6) is 0.814. The first-order valence-corrected chi connectivity index (χ1v) is 8.41. The van der Waals surface area contributed by atoms with Gasteiger partial charge < -0.3 is 14.4 Å². The molecule has 0 aromatic carbocycles. The fraction of sp³-hybridized carbons (Fsp3) is 0.438. The second kappa shape index (κ2) is 6.95. The average Bonchev–Trinajstić information content (AvgIpc) is 3.01. The van der Waals surface area contributed by atoms with Crippen molar-refractivity contribution in [2.45, 2.75) is 25.9 Å². The van der Waals surface area contributed by atoms with Crippen LogP contribution >= 0.6 is 11.3 Å². The highest BCUT2D eigenvalue weighted by Gasteiger charge is 2.27. The number of amides is 1. The first kappa shape index (κ1) is 15.7. The van der Waals surface area contributed by atoms with E-state index in [1.54, 1.807) is 12.4 Å². The van der Waals surface area contributed by atoms with Gasteiger partial charge >= 0.3 is 0 Å². The van der Waals surface area contributed by atoms with Crippen LogP contribution in [0.15, 0.2) is 23.8 Å². The highest BCUT2D eigenvalue weighted by molar-refractivity contribution is 7.12. The summed E-state index contributed by atoms with van der Waals surface area (Å²) in [6.45, 7) is 3.30. The molecule has 1 fully saturated rings. The maximum absolute atomic E-state index is 12.6. The van der Waals surface area contributed by atoms with Gasteiger partial charge in [0.05, 0.1) is 18.5 Å². The van der Waals surface area contributed by atoms with E-state index in [2.05, 4.69) is 9.97 Å². The van der Waals surface area contributed by atoms with Gasteiger partial charge in [-0.25, -0.2) is 9.97 Å². The fourth-order valence-electron chi connectivity index (χ4n) is 2.61. The number of methoxy groups -OCH3 is 1. The molecule has 1 amide bonds. The van der Waals surface area contributed by atoms with E-state index < -0.39 is 0 Å². The second-order valence-electron chi connectivity index (χ2n) is 5.49. The van der Waals surface area contributed by atoms with Crippen molar-refractivity contribution in [3.8, 4) is 11.8 Å². The van der Waals surface area contributed by atoms with Gasteiger partial charge in [0.1, 0.15) is 6.10 Å². The number of nitrogens with zero attached hydrogens (tertiary/aromatic N) is 3. The summed E-state index contributed by atoms with van der Waals surface area (Å²) in [4.78, 5) is 23.4. The lowest BCUT2D eigenvalue weighted by Crippen LogP contribution is -2.44. The predicted molar refractivity (Wildman–Crippen MR) is 87.2 cm³/mol. The number of carbonyl (C=O) groups excluding carboxylic acids is 1. The first-order valence-electron chi connectivity index (χ1n) is 7.53. The number of carbonyl (C=O) groups is 1. The van der Waals surface area contributed by atoms with Crippen molar-refractivity contribution in [3.63, 3.8) is 0 Å². The van der Waals surface area contributed by atoms with Gasteiger partial charge in [-0.15, -0.1) is 11.3 Å². The molecule has 0 radical (unpaired) electrons. The minimum absolute atomic E-state index is 0.0718. The normalized spacial score (nSPS) is 17.8. The Morgan fingerprint density at radius 1 is 1.35 bits per heavy atom. The lowest BCUT2D eigenvalue weighted by Gasteiger charge is -2.32. The number of hydrogen-bond acceptors (Lipinski definition) is 6. The smallest absolute Gasteiger partial charge is 0.278 e. The monoisotopic (exact) mass is 333 g/mol. The van der Waals surface area contributed by atoms with E-state index in [1.807, 2.05) is 23.3 Å². The first-order chi connectivity index (χ1) is 11.2. The third kappa shape index (κ3) is 3.61. The summed E-state index contributed by atoms with van der Waals surface area (Å²) in [5, 5.41) is 2.00. The zero-order valence-corrected chi connectivity index (χ0v) is 14.0. The summed E-state index contributed by atoms with van der Waals surface area (Å²) >= 11 is 1.49. The molecule has 0 saturated carbocycles. The van der Waals surface area contributed by atoms with Crippen molar-refractivity contribution in [3.05, 3.63) is 34.3 Å². The molecule has 3 rings (SSSR count). The Balaban J connectivity index is 1.67. The molecule has 0 unspecified atom stereocenters. The molecule has 3 heterocycles. The van der Waals surface area contributed by atoms with Crippen molar-refractivity contribution >= 4 is 17.2 Å². The van der Waals surface area contributed by atoms with Gasteiger partial charge in [-0.2, -0.15) is 0 Å².